The van der Waals surface area contributed by atoms with E-state index in [-0.39, 0.29) is 15.5 Å². The lowest BCUT2D eigenvalue weighted by Crippen LogP contribution is -2.23. The summed E-state index contributed by atoms with van der Waals surface area (Å²) in [7, 11) is 0.877. The number of rotatable bonds is 3. The van der Waals surface area contributed by atoms with Crippen molar-refractivity contribution in [2.45, 2.75) is 4.90 Å². The standard InChI is InChI=1S/C17H16ClN3O3S2/c1-20(2)26(23,24)15-10-11(8-9-12(15)18)16(22)19-17-21(3)13-6-4-5-7-14(13)25-17/h4-10H,1-3H3. The number of sulfonamides is 1. The number of aromatic nitrogens is 1. The minimum atomic E-state index is -3.76. The Morgan fingerprint density at radius 1 is 1.19 bits per heavy atom. The molecule has 3 aromatic rings. The van der Waals surface area contributed by atoms with Crippen LogP contribution in [-0.2, 0) is 17.1 Å². The highest BCUT2D eigenvalue weighted by atomic mass is 35.5. The highest BCUT2D eigenvalue weighted by Crippen LogP contribution is 2.25. The molecule has 136 valence electrons. The molecule has 0 saturated heterocycles. The molecule has 0 spiro atoms. The lowest BCUT2D eigenvalue weighted by molar-refractivity contribution is 0.0997. The quantitative estimate of drug-likeness (QED) is 0.667. The van der Waals surface area contributed by atoms with Crippen LogP contribution in [-0.4, -0.2) is 37.3 Å². The van der Waals surface area contributed by atoms with Gasteiger partial charge in [-0.15, -0.1) is 0 Å². The number of thiazole rings is 1. The molecule has 0 fully saturated rings. The zero-order valence-corrected chi connectivity index (χ0v) is 16.7. The van der Waals surface area contributed by atoms with Gasteiger partial charge in [0.05, 0.1) is 15.2 Å². The number of para-hydroxylation sites is 1. The van der Waals surface area contributed by atoms with E-state index in [1.165, 1.54) is 43.6 Å². The zero-order valence-electron chi connectivity index (χ0n) is 14.3. The van der Waals surface area contributed by atoms with Crippen molar-refractivity contribution in [1.82, 2.24) is 8.87 Å². The molecular weight excluding hydrogens is 394 g/mol. The highest BCUT2D eigenvalue weighted by Gasteiger charge is 2.22. The summed E-state index contributed by atoms with van der Waals surface area (Å²) in [5, 5.41) is 0.0580. The third-order valence-electron chi connectivity index (χ3n) is 3.85. The maximum absolute atomic E-state index is 12.6. The summed E-state index contributed by atoms with van der Waals surface area (Å²) < 4.78 is 28.6. The van der Waals surface area contributed by atoms with Crippen molar-refractivity contribution in [3.05, 3.63) is 57.9 Å². The number of benzene rings is 2. The molecule has 1 heterocycles. The fourth-order valence-corrected chi connectivity index (χ4v) is 4.78. The second kappa shape index (κ2) is 6.96. The van der Waals surface area contributed by atoms with E-state index >= 15 is 0 Å². The smallest absolute Gasteiger partial charge is 0.279 e. The van der Waals surface area contributed by atoms with Gasteiger partial charge in [0.15, 0.2) is 4.80 Å². The number of hydrogen-bond donors (Lipinski definition) is 0. The molecule has 0 aliphatic carbocycles. The fraction of sp³-hybridized carbons (Fsp3) is 0.176. The molecular formula is C17H16ClN3O3S2. The number of halogens is 1. The largest absolute Gasteiger partial charge is 0.319 e. The van der Waals surface area contributed by atoms with Gasteiger partial charge in [-0.1, -0.05) is 35.1 Å². The van der Waals surface area contributed by atoms with Gasteiger partial charge >= 0.3 is 0 Å². The van der Waals surface area contributed by atoms with Crippen molar-refractivity contribution in [2.75, 3.05) is 14.1 Å². The minimum Gasteiger partial charge on any atom is -0.319 e. The molecule has 0 atom stereocenters. The van der Waals surface area contributed by atoms with E-state index in [2.05, 4.69) is 4.99 Å². The summed E-state index contributed by atoms with van der Waals surface area (Å²) in [4.78, 5) is 17.1. The van der Waals surface area contributed by atoms with Gasteiger partial charge in [-0.05, 0) is 30.3 Å². The van der Waals surface area contributed by atoms with Gasteiger partial charge in [0.2, 0.25) is 10.0 Å². The second-order valence-corrected chi connectivity index (χ2v) is 9.30. The maximum Gasteiger partial charge on any atom is 0.279 e. The van der Waals surface area contributed by atoms with Gasteiger partial charge in [0, 0.05) is 26.7 Å². The van der Waals surface area contributed by atoms with Crippen molar-refractivity contribution in [3.8, 4) is 0 Å². The Morgan fingerprint density at radius 2 is 1.88 bits per heavy atom. The molecule has 0 unspecified atom stereocenters. The fourth-order valence-electron chi connectivity index (χ4n) is 2.37. The molecule has 0 aliphatic rings. The van der Waals surface area contributed by atoms with Crippen LogP contribution in [0.5, 0.6) is 0 Å². The van der Waals surface area contributed by atoms with E-state index in [0.717, 1.165) is 14.5 Å². The Kier molecular flexibility index (Phi) is 5.03. The molecule has 0 N–H and O–H groups in total. The highest BCUT2D eigenvalue weighted by molar-refractivity contribution is 7.89. The molecule has 3 rings (SSSR count). The lowest BCUT2D eigenvalue weighted by atomic mass is 10.2. The number of carbonyl (C=O) groups is 1. The average Bonchev–Trinajstić information content (AvgIpc) is 2.91. The van der Waals surface area contributed by atoms with Crippen molar-refractivity contribution in [1.29, 1.82) is 0 Å². The maximum atomic E-state index is 12.6. The Balaban J connectivity index is 2.10. The number of hydrogen-bond acceptors (Lipinski definition) is 4. The first-order valence-corrected chi connectivity index (χ1v) is 10.2. The summed E-state index contributed by atoms with van der Waals surface area (Å²) in [6, 6.07) is 11.9. The predicted molar refractivity (Wildman–Crippen MR) is 103 cm³/mol. The first-order valence-electron chi connectivity index (χ1n) is 7.57. The Labute approximate surface area is 160 Å². The predicted octanol–water partition coefficient (Wildman–Crippen LogP) is 2.88. The molecule has 1 amide bonds. The van der Waals surface area contributed by atoms with E-state index in [1.54, 1.807) is 0 Å². The van der Waals surface area contributed by atoms with Crippen LogP contribution >= 0.6 is 22.9 Å². The summed E-state index contributed by atoms with van der Waals surface area (Å²) >= 11 is 7.41. The molecule has 0 aliphatic heterocycles. The van der Waals surface area contributed by atoms with E-state index in [0.29, 0.717) is 4.80 Å². The van der Waals surface area contributed by atoms with Crippen molar-refractivity contribution < 1.29 is 13.2 Å². The second-order valence-electron chi connectivity index (χ2n) is 5.76. The van der Waals surface area contributed by atoms with Gasteiger partial charge in [-0.2, -0.15) is 4.99 Å². The summed E-state index contributed by atoms with van der Waals surface area (Å²) in [5.74, 6) is -0.529. The average molecular weight is 410 g/mol. The van der Waals surface area contributed by atoms with E-state index in [4.69, 9.17) is 11.6 Å². The van der Waals surface area contributed by atoms with E-state index < -0.39 is 15.9 Å². The van der Waals surface area contributed by atoms with Gasteiger partial charge in [0.25, 0.3) is 5.91 Å². The monoisotopic (exact) mass is 409 g/mol. The minimum absolute atomic E-state index is 0.0580. The van der Waals surface area contributed by atoms with Gasteiger partial charge in [-0.3, -0.25) is 4.79 Å². The molecule has 9 heteroatoms. The molecule has 26 heavy (non-hydrogen) atoms. The first kappa shape index (κ1) is 18.8. The van der Waals surface area contributed by atoms with Crippen LogP contribution in [0.3, 0.4) is 0 Å². The molecule has 1 aromatic heterocycles. The Bertz CT molecular complexity index is 1180. The van der Waals surface area contributed by atoms with Gasteiger partial charge < -0.3 is 4.57 Å². The summed E-state index contributed by atoms with van der Waals surface area (Å²) in [6.45, 7) is 0. The number of aryl methyl sites for hydroxylation is 1. The normalized spacial score (nSPS) is 12.9. The number of fused-ring (bicyclic) bond motifs is 1. The molecule has 6 nitrogen and oxygen atoms in total. The van der Waals surface area contributed by atoms with Crippen LogP contribution in [0.2, 0.25) is 5.02 Å². The third-order valence-corrected chi connectivity index (χ3v) is 7.26. The topological polar surface area (TPSA) is 71.7 Å². The van der Waals surface area contributed by atoms with Gasteiger partial charge in [0.1, 0.15) is 4.90 Å². The van der Waals surface area contributed by atoms with E-state index in [1.807, 2.05) is 35.9 Å². The lowest BCUT2D eigenvalue weighted by Gasteiger charge is -2.13. The zero-order chi connectivity index (χ0) is 19.1. The molecule has 0 radical (unpaired) electrons. The van der Waals surface area contributed by atoms with Crippen molar-refractivity contribution >= 4 is 49.1 Å². The molecule has 2 aromatic carbocycles. The van der Waals surface area contributed by atoms with Crippen LogP contribution in [0, 0.1) is 0 Å². The van der Waals surface area contributed by atoms with Crippen LogP contribution in [0.4, 0.5) is 0 Å². The van der Waals surface area contributed by atoms with Crippen LogP contribution < -0.4 is 4.80 Å². The van der Waals surface area contributed by atoms with Gasteiger partial charge in [-0.25, -0.2) is 12.7 Å². The Hall–Kier alpha value is -2.00. The number of carbonyl (C=O) groups excluding carboxylic acids is 1. The van der Waals surface area contributed by atoms with Crippen molar-refractivity contribution in [2.24, 2.45) is 12.0 Å². The van der Waals surface area contributed by atoms with Crippen LogP contribution in [0.15, 0.2) is 52.4 Å². The SMILES string of the molecule is CN(C)S(=O)(=O)c1cc(C(=O)N=c2sc3ccccc3n2C)ccc1Cl. The van der Waals surface area contributed by atoms with Crippen molar-refractivity contribution in [3.63, 3.8) is 0 Å². The molecule has 0 bridgehead atoms. The van der Waals surface area contributed by atoms with Crippen LogP contribution in [0.1, 0.15) is 10.4 Å². The first-order chi connectivity index (χ1) is 12.2. The molecule has 0 saturated carbocycles. The number of nitrogens with zero attached hydrogens (tertiary/aromatic N) is 3. The summed E-state index contributed by atoms with van der Waals surface area (Å²) in [6.07, 6.45) is 0. The summed E-state index contributed by atoms with van der Waals surface area (Å²) in [5.41, 5.74) is 1.13. The number of amides is 1. The van der Waals surface area contributed by atoms with Crippen LogP contribution in [0.25, 0.3) is 10.2 Å². The Morgan fingerprint density at radius 3 is 2.54 bits per heavy atom. The van der Waals surface area contributed by atoms with E-state index in [9.17, 15) is 13.2 Å². The third kappa shape index (κ3) is 3.33.